The lowest BCUT2D eigenvalue weighted by Crippen LogP contribution is -2.10. The van der Waals surface area contributed by atoms with Crippen molar-refractivity contribution in [2.24, 2.45) is 5.73 Å². The van der Waals surface area contributed by atoms with E-state index in [1.54, 1.807) is 0 Å². The molecule has 0 saturated carbocycles. The van der Waals surface area contributed by atoms with E-state index in [-0.39, 0.29) is 0 Å². The van der Waals surface area contributed by atoms with Crippen molar-refractivity contribution in [1.82, 2.24) is 0 Å². The molecule has 0 heterocycles. The van der Waals surface area contributed by atoms with Gasteiger partial charge in [-0.3, -0.25) is 0 Å². The SMILES string of the molecule is NC(=S)c1ccccc1-c1ccc(CCCCCCCCBr)cc1. The van der Waals surface area contributed by atoms with Gasteiger partial charge in [0, 0.05) is 10.9 Å². The van der Waals surface area contributed by atoms with E-state index in [0.29, 0.717) is 4.99 Å². The molecule has 0 amide bonds. The first-order valence-corrected chi connectivity index (χ1v) is 10.3. The van der Waals surface area contributed by atoms with Gasteiger partial charge in [0.15, 0.2) is 0 Å². The highest BCUT2D eigenvalue weighted by Crippen LogP contribution is 2.24. The second-order valence-electron chi connectivity index (χ2n) is 6.17. The highest BCUT2D eigenvalue weighted by atomic mass is 79.9. The Balaban J connectivity index is 1.86. The van der Waals surface area contributed by atoms with E-state index in [0.717, 1.165) is 22.9 Å². The molecule has 0 radical (unpaired) electrons. The first-order chi connectivity index (χ1) is 11.7. The number of hydrogen-bond donors (Lipinski definition) is 1. The molecule has 3 heteroatoms. The van der Waals surface area contributed by atoms with Crippen LogP contribution in [0.25, 0.3) is 11.1 Å². The predicted octanol–water partition coefficient (Wildman–Crippen LogP) is 6.27. The zero-order valence-electron chi connectivity index (χ0n) is 14.1. The molecule has 0 unspecified atom stereocenters. The number of thiocarbonyl (C=S) groups is 1. The molecule has 0 aliphatic rings. The lowest BCUT2D eigenvalue weighted by molar-refractivity contribution is 0.610. The molecule has 0 aliphatic heterocycles. The van der Waals surface area contributed by atoms with Gasteiger partial charge in [-0.2, -0.15) is 0 Å². The number of benzene rings is 2. The standard InChI is InChI=1S/C21H26BrNS/c22-16-8-4-2-1-3-5-9-17-12-14-18(15-13-17)19-10-6-7-11-20(19)21(23)24/h6-7,10-15H,1-5,8-9,16H2,(H2,23,24). The molecule has 0 spiro atoms. The summed E-state index contributed by atoms with van der Waals surface area (Å²) in [7, 11) is 0. The third-order valence-corrected chi connectivity index (χ3v) is 5.09. The van der Waals surface area contributed by atoms with Crippen LogP contribution in [0.15, 0.2) is 48.5 Å². The molecule has 0 fully saturated rings. The van der Waals surface area contributed by atoms with E-state index in [4.69, 9.17) is 18.0 Å². The first kappa shape index (κ1) is 19.1. The highest BCUT2D eigenvalue weighted by Gasteiger charge is 2.06. The number of halogens is 1. The minimum absolute atomic E-state index is 0.453. The van der Waals surface area contributed by atoms with Crippen molar-refractivity contribution in [1.29, 1.82) is 0 Å². The van der Waals surface area contributed by atoms with Gasteiger partial charge in [-0.15, -0.1) is 0 Å². The van der Waals surface area contributed by atoms with Gasteiger partial charge >= 0.3 is 0 Å². The minimum Gasteiger partial charge on any atom is -0.389 e. The second-order valence-corrected chi connectivity index (χ2v) is 7.40. The van der Waals surface area contributed by atoms with Crippen LogP contribution in [0.5, 0.6) is 0 Å². The van der Waals surface area contributed by atoms with Crippen LogP contribution in [0, 0.1) is 0 Å². The first-order valence-electron chi connectivity index (χ1n) is 8.76. The van der Waals surface area contributed by atoms with Gasteiger partial charge in [-0.05, 0) is 36.0 Å². The average Bonchev–Trinajstić information content (AvgIpc) is 2.61. The molecule has 0 atom stereocenters. The summed E-state index contributed by atoms with van der Waals surface area (Å²) in [5, 5.41) is 1.14. The van der Waals surface area contributed by atoms with Crippen LogP contribution in [-0.4, -0.2) is 10.3 Å². The van der Waals surface area contributed by atoms with Crippen molar-refractivity contribution >= 4 is 33.1 Å². The smallest absolute Gasteiger partial charge is 0.104 e. The fourth-order valence-corrected chi connectivity index (χ4v) is 3.51. The van der Waals surface area contributed by atoms with Gasteiger partial charge in [0.05, 0.1) is 0 Å². The van der Waals surface area contributed by atoms with Crippen molar-refractivity contribution in [3.8, 4) is 11.1 Å². The summed E-state index contributed by atoms with van der Waals surface area (Å²) < 4.78 is 0. The fourth-order valence-electron chi connectivity index (χ4n) is 2.93. The van der Waals surface area contributed by atoms with E-state index < -0.39 is 0 Å². The maximum atomic E-state index is 5.84. The van der Waals surface area contributed by atoms with E-state index in [1.807, 2.05) is 18.2 Å². The minimum atomic E-state index is 0.453. The summed E-state index contributed by atoms with van der Waals surface area (Å²) in [6.07, 6.45) is 9.13. The monoisotopic (exact) mass is 403 g/mol. The van der Waals surface area contributed by atoms with Crippen LogP contribution in [0.1, 0.15) is 49.7 Å². The van der Waals surface area contributed by atoms with Gasteiger partial charge in [0.2, 0.25) is 0 Å². The average molecular weight is 404 g/mol. The number of unbranched alkanes of at least 4 members (excludes halogenated alkanes) is 5. The molecule has 24 heavy (non-hydrogen) atoms. The third-order valence-electron chi connectivity index (χ3n) is 4.31. The molecular formula is C21H26BrNS. The maximum Gasteiger partial charge on any atom is 0.104 e. The normalized spacial score (nSPS) is 10.7. The highest BCUT2D eigenvalue weighted by molar-refractivity contribution is 9.09. The maximum absolute atomic E-state index is 5.84. The van der Waals surface area contributed by atoms with Crippen molar-refractivity contribution in [2.75, 3.05) is 5.33 Å². The quantitative estimate of drug-likeness (QED) is 0.287. The molecular weight excluding hydrogens is 378 g/mol. The Morgan fingerprint density at radius 1 is 0.833 bits per heavy atom. The summed E-state index contributed by atoms with van der Waals surface area (Å²) in [5.74, 6) is 0. The van der Waals surface area contributed by atoms with E-state index in [2.05, 4.69) is 46.3 Å². The third kappa shape index (κ3) is 6.03. The second kappa shape index (κ2) is 10.6. The lowest BCUT2D eigenvalue weighted by Gasteiger charge is -2.09. The van der Waals surface area contributed by atoms with Gasteiger partial charge in [0.25, 0.3) is 0 Å². The molecule has 2 N–H and O–H groups in total. The summed E-state index contributed by atoms with van der Waals surface area (Å²) >= 11 is 8.64. The van der Waals surface area contributed by atoms with Crippen molar-refractivity contribution < 1.29 is 0 Å². The van der Waals surface area contributed by atoms with E-state index in [1.165, 1.54) is 49.7 Å². The lowest BCUT2D eigenvalue weighted by atomic mass is 9.97. The fraction of sp³-hybridized carbons (Fsp3) is 0.381. The summed E-state index contributed by atoms with van der Waals surface area (Å²) in [6.45, 7) is 0. The molecule has 0 bridgehead atoms. The van der Waals surface area contributed by atoms with Gasteiger partial charge in [0.1, 0.15) is 4.99 Å². The van der Waals surface area contributed by atoms with Crippen LogP contribution in [0.2, 0.25) is 0 Å². The number of hydrogen-bond acceptors (Lipinski definition) is 1. The van der Waals surface area contributed by atoms with Crippen LogP contribution in [0.3, 0.4) is 0 Å². The molecule has 2 aromatic carbocycles. The zero-order chi connectivity index (χ0) is 17.2. The molecule has 2 aromatic rings. The van der Waals surface area contributed by atoms with Gasteiger partial charge < -0.3 is 5.73 Å². The Kier molecular flexibility index (Phi) is 8.48. The summed E-state index contributed by atoms with van der Waals surface area (Å²) in [6, 6.07) is 16.9. The largest absolute Gasteiger partial charge is 0.389 e. The molecule has 128 valence electrons. The molecule has 0 aromatic heterocycles. The Bertz CT molecular complexity index is 637. The Hall–Kier alpha value is -1.19. The van der Waals surface area contributed by atoms with Crippen LogP contribution in [0.4, 0.5) is 0 Å². The molecule has 2 rings (SSSR count). The number of rotatable bonds is 10. The van der Waals surface area contributed by atoms with Gasteiger partial charge in [-0.25, -0.2) is 0 Å². The van der Waals surface area contributed by atoms with Crippen molar-refractivity contribution in [3.05, 3.63) is 59.7 Å². The topological polar surface area (TPSA) is 26.0 Å². The summed E-state index contributed by atoms with van der Waals surface area (Å²) in [5.41, 5.74) is 10.5. The van der Waals surface area contributed by atoms with E-state index >= 15 is 0 Å². The van der Waals surface area contributed by atoms with Crippen LogP contribution < -0.4 is 5.73 Å². The predicted molar refractivity (Wildman–Crippen MR) is 113 cm³/mol. The number of nitrogens with two attached hydrogens (primary N) is 1. The summed E-state index contributed by atoms with van der Waals surface area (Å²) in [4.78, 5) is 0.453. The number of alkyl halides is 1. The van der Waals surface area contributed by atoms with Crippen molar-refractivity contribution in [2.45, 2.75) is 44.9 Å². The number of aryl methyl sites for hydroxylation is 1. The molecule has 0 aliphatic carbocycles. The van der Waals surface area contributed by atoms with Crippen LogP contribution in [-0.2, 0) is 6.42 Å². The van der Waals surface area contributed by atoms with E-state index in [9.17, 15) is 0 Å². The van der Waals surface area contributed by atoms with Gasteiger partial charge in [-0.1, -0.05) is 102 Å². The van der Waals surface area contributed by atoms with Crippen LogP contribution >= 0.6 is 28.1 Å². The van der Waals surface area contributed by atoms with Crippen molar-refractivity contribution in [3.63, 3.8) is 0 Å². The Morgan fingerprint density at radius 3 is 2.12 bits per heavy atom. The molecule has 0 saturated heterocycles. The Morgan fingerprint density at radius 2 is 1.46 bits per heavy atom. The zero-order valence-corrected chi connectivity index (χ0v) is 16.5. The Labute approximate surface area is 159 Å². The molecule has 1 nitrogen and oxygen atoms in total.